The molecule has 3 aliphatic rings. The van der Waals surface area contributed by atoms with Crippen LogP contribution < -0.4 is 0 Å². The van der Waals surface area contributed by atoms with Gasteiger partial charge in [0.1, 0.15) is 0 Å². The van der Waals surface area contributed by atoms with E-state index in [-0.39, 0.29) is 5.41 Å². The lowest BCUT2D eigenvalue weighted by Gasteiger charge is -2.39. The lowest BCUT2D eigenvalue weighted by Crippen LogP contribution is -2.51. The van der Waals surface area contributed by atoms with E-state index in [1.54, 1.807) is 0 Å². The van der Waals surface area contributed by atoms with Crippen molar-refractivity contribution in [2.45, 2.75) is 70.7 Å². The van der Waals surface area contributed by atoms with Crippen molar-refractivity contribution in [1.29, 1.82) is 0 Å². The lowest BCUT2D eigenvalue weighted by molar-refractivity contribution is 0.0809. The zero-order valence-corrected chi connectivity index (χ0v) is 15.8. The first-order valence-corrected chi connectivity index (χ1v) is 9.59. The van der Waals surface area contributed by atoms with Crippen molar-refractivity contribution in [3.63, 3.8) is 0 Å². The number of likely N-dealkylation sites (N-methyl/N-ethyl adjacent to an activating group) is 1. The molecule has 0 spiro atoms. The smallest absolute Gasteiger partial charge is 0.0722 e. The third-order valence-corrected chi connectivity index (χ3v) is 6.38. The maximum absolute atomic E-state index is 5.80. The summed E-state index contributed by atoms with van der Waals surface area (Å²) in [5.74, 6) is 0. The van der Waals surface area contributed by atoms with Crippen LogP contribution >= 0.6 is 0 Å². The molecule has 2 saturated heterocycles. The van der Waals surface area contributed by atoms with Crippen LogP contribution in [0.25, 0.3) is 0 Å². The molecule has 1 aromatic rings. The van der Waals surface area contributed by atoms with Gasteiger partial charge in [0.2, 0.25) is 0 Å². The quantitative estimate of drug-likeness (QED) is 0.828. The summed E-state index contributed by atoms with van der Waals surface area (Å²) in [6.45, 7) is 12.2. The molecule has 0 radical (unpaired) electrons. The van der Waals surface area contributed by atoms with Gasteiger partial charge < -0.3 is 4.74 Å². The first kappa shape index (κ1) is 16.6. The molecular weight excluding hydrogens is 296 g/mol. The Hall–Kier alpha value is -0.900. The van der Waals surface area contributed by atoms with Crippen molar-refractivity contribution in [3.8, 4) is 0 Å². The first-order valence-electron chi connectivity index (χ1n) is 9.59. The second-order valence-corrected chi connectivity index (χ2v) is 9.07. The molecule has 2 bridgehead atoms. The minimum absolute atomic E-state index is 0.212. The van der Waals surface area contributed by atoms with Gasteiger partial charge in [-0.05, 0) is 54.0 Å². The summed E-state index contributed by atoms with van der Waals surface area (Å²) in [5.41, 5.74) is 6.21. The van der Waals surface area contributed by atoms with Gasteiger partial charge in [-0.1, -0.05) is 32.9 Å². The lowest BCUT2D eigenvalue weighted by atomic mass is 9.82. The van der Waals surface area contributed by atoms with Crippen LogP contribution in [0.4, 0.5) is 0 Å². The van der Waals surface area contributed by atoms with E-state index >= 15 is 0 Å². The molecule has 2 atom stereocenters. The standard InChI is InChI=1S/C21H32N2O/c1-21(2,3)17-9-15-7-8-24-14-20(15)16(10-17)11-23-12-18-5-6-19(13-23)22(18)4/h9-10,18-19H,5-8,11-14H2,1-4H3. The van der Waals surface area contributed by atoms with Crippen LogP contribution in [0.5, 0.6) is 0 Å². The second-order valence-electron chi connectivity index (χ2n) is 9.07. The van der Waals surface area contributed by atoms with Gasteiger partial charge in [0, 0.05) is 31.7 Å². The summed E-state index contributed by atoms with van der Waals surface area (Å²) in [6.07, 6.45) is 3.82. The third kappa shape index (κ3) is 3.02. The number of fused-ring (bicyclic) bond motifs is 3. The van der Waals surface area contributed by atoms with Gasteiger partial charge in [-0.15, -0.1) is 0 Å². The molecule has 2 fully saturated rings. The van der Waals surface area contributed by atoms with Gasteiger partial charge in [0.15, 0.2) is 0 Å². The average Bonchev–Trinajstić information content (AvgIpc) is 2.75. The summed E-state index contributed by atoms with van der Waals surface area (Å²) >= 11 is 0. The molecule has 2 unspecified atom stereocenters. The molecule has 3 heterocycles. The summed E-state index contributed by atoms with van der Waals surface area (Å²) in [4.78, 5) is 5.31. The summed E-state index contributed by atoms with van der Waals surface area (Å²) in [5, 5.41) is 0. The Morgan fingerprint density at radius 3 is 2.50 bits per heavy atom. The Bertz CT molecular complexity index is 605. The molecule has 0 aliphatic carbocycles. The molecule has 3 nitrogen and oxygen atoms in total. The maximum Gasteiger partial charge on any atom is 0.0722 e. The Kier molecular flexibility index (Phi) is 4.22. The van der Waals surface area contributed by atoms with Gasteiger partial charge in [-0.2, -0.15) is 0 Å². The molecule has 3 aliphatic heterocycles. The molecule has 4 rings (SSSR count). The highest BCUT2D eigenvalue weighted by atomic mass is 16.5. The molecule has 0 amide bonds. The number of hydrogen-bond donors (Lipinski definition) is 0. The minimum Gasteiger partial charge on any atom is -0.376 e. The largest absolute Gasteiger partial charge is 0.376 e. The van der Waals surface area contributed by atoms with Crippen LogP contribution in [0.2, 0.25) is 0 Å². The van der Waals surface area contributed by atoms with Crippen LogP contribution in [0.15, 0.2) is 12.1 Å². The highest BCUT2D eigenvalue weighted by Gasteiger charge is 2.37. The van der Waals surface area contributed by atoms with Crippen molar-refractivity contribution in [3.05, 3.63) is 34.4 Å². The Labute approximate surface area is 147 Å². The number of ether oxygens (including phenoxy) is 1. The molecule has 24 heavy (non-hydrogen) atoms. The molecule has 3 heteroatoms. The van der Waals surface area contributed by atoms with Crippen LogP contribution in [0.1, 0.15) is 55.9 Å². The van der Waals surface area contributed by atoms with Crippen LogP contribution in [0, 0.1) is 0 Å². The minimum atomic E-state index is 0.212. The Morgan fingerprint density at radius 1 is 1.12 bits per heavy atom. The number of nitrogens with zero attached hydrogens (tertiary/aromatic N) is 2. The van der Waals surface area contributed by atoms with Crippen molar-refractivity contribution in [2.24, 2.45) is 0 Å². The Morgan fingerprint density at radius 2 is 1.83 bits per heavy atom. The van der Waals surface area contributed by atoms with Gasteiger partial charge in [-0.25, -0.2) is 0 Å². The molecule has 0 N–H and O–H groups in total. The van der Waals surface area contributed by atoms with E-state index in [1.165, 1.54) is 48.2 Å². The first-order chi connectivity index (χ1) is 11.4. The van der Waals surface area contributed by atoms with Crippen LogP contribution in [-0.2, 0) is 29.7 Å². The number of hydrogen-bond acceptors (Lipinski definition) is 3. The average molecular weight is 329 g/mol. The molecule has 0 saturated carbocycles. The van der Waals surface area contributed by atoms with E-state index in [4.69, 9.17) is 4.74 Å². The highest BCUT2D eigenvalue weighted by molar-refractivity contribution is 5.42. The zero-order chi connectivity index (χ0) is 16.9. The topological polar surface area (TPSA) is 15.7 Å². The molecular formula is C21H32N2O. The van der Waals surface area contributed by atoms with Gasteiger partial charge in [0.05, 0.1) is 13.2 Å². The molecule has 132 valence electrons. The second kappa shape index (κ2) is 6.12. The third-order valence-electron chi connectivity index (χ3n) is 6.38. The SMILES string of the molecule is CN1C2CCC1CN(Cc1cc(C(C)(C)C)cc3c1COCC3)C2. The van der Waals surface area contributed by atoms with E-state index in [0.717, 1.165) is 38.3 Å². The van der Waals surface area contributed by atoms with Gasteiger partial charge in [-0.3, -0.25) is 9.80 Å². The summed E-state index contributed by atoms with van der Waals surface area (Å²) in [6, 6.07) is 6.44. The number of piperazine rings is 1. The van der Waals surface area contributed by atoms with Crippen LogP contribution in [0.3, 0.4) is 0 Å². The fourth-order valence-electron chi connectivity index (χ4n) is 4.71. The number of benzene rings is 1. The van der Waals surface area contributed by atoms with Crippen molar-refractivity contribution in [2.75, 3.05) is 26.7 Å². The predicted molar refractivity (Wildman–Crippen MR) is 98.4 cm³/mol. The van der Waals surface area contributed by atoms with Gasteiger partial charge >= 0.3 is 0 Å². The zero-order valence-electron chi connectivity index (χ0n) is 15.8. The van der Waals surface area contributed by atoms with E-state index in [9.17, 15) is 0 Å². The summed E-state index contributed by atoms with van der Waals surface area (Å²) in [7, 11) is 2.32. The van der Waals surface area contributed by atoms with Crippen LogP contribution in [-0.4, -0.2) is 48.6 Å². The highest BCUT2D eigenvalue weighted by Crippen LogP contribution is 2.33. The van der Waals surface area contributed by atoms with E-state index in [2.05, 4.69) is 49.8 Å². The predicted octanol–water partition coefficient (Wildman–Crippen LogP) is 3.34. The fourth-order valence-corrected chi connectivity index (χ4v) is 4.71. The van der Waals surface area contributed by atoms with E-state index < -0.39 is 0 Å². The normalized spacial score (nSPS) is 28.2. The summed E-state index contributed by atoms with van der Waals surface area (Å²) < 4.78 is 5.80. The van der Waals surface area contributed by atoms with E-state index in [0.29, 0.717) is 0 Å². The Balaban J connectivity index is 1.62. The van der Waals surface area contributed by atoms with Crippen molar-refractivity contribution in [1.82, 2.24) is 9.80 Å². The van der Waals surface area contributed by atoms with Crippen molar-refractivity contribution >= 4 is 0 Å². The number of rotatable bonds is 2. The van der Waals surface area contributed by atoms with Crippen molar-refractivity contribution < 1.29 is 4.74 Å². The molecule has 1 aromatic carbocycles. The van der Waals surface area contributed by atoms with E-state index in [1.807, 2.05) is 0 Å². The fraction of sp³-hybridized carbons (Fsp3) is 0.714. The number of likely N-dealkylation sites (tertiary alicyclic amines) is 1. The van der Waals surface area contributed by atoms with Gasteiger partial charge in [0.25, 0.3) is 0 Å². The molecule has 0 aromatic heterocycles. The monoisotopic (exact) mass is 328 g/mol. The maximum atomic E-state index is 5.80.